The van der Waals surface area contributed by atoms with Gasteiger partial charge in [-0.3, -0.25) is 4.79 Å². The number of rotatable bonds is 5. The third-order valence-corrected chi connectivity index (χ3v) is 7.08. The monoisotopic (exact) mass is 370 g/mol. The average Bonchev–Trinajstić information content (AvgIpc) is 3.40. The first-order valence-electron chi connectivity index (χ1n) is 10.9. The maximum Gasteiger partial charge on any atom is 0.233 e. The van der Waals surface area contributed by atoms with Crippen molar-refractivity contribution in [1.82, 2.24) is 9.80 Å². The molecule has 1 aliphatic carbocycles. The van der Waals surface area contributed by atoms with E-state index in [2.05, 4.69) is 34.1 Å². The largest absolute Gasteiger partial charge is 0.396 e. The summed E-state index contributed by atoms with van der Waals surface area (Å²) in [4.78, 5) is 18.5. The highest BCUT2D eigenvalue weighted by molar-refractivity contribution is 5.88. The molecule has 0 aromatic heterocycles. The molecule has 1 N–H and O–H groups in total. The zero-order valence-corrected chi connectivity index (χ0v) is 16.5. The highest BCUT2D eigenvalue weighted by Crippen LogP contribution is 2.43. The topological polar surface area (TPSA) is 43.8 Å². The van der Waals surface area contributed by atoms with Crippen LogP contribution >= 0.6 is 0 Å². The summed E-state index contributed by atoms with van der Waals surface area (Å²) in [5.74, 6) is 1.03. The molecule has 0 bridgehead atoms. The molecule has 4 rings (SSSR count). The van der Waals surface area contributed by atoms with Gasteiger partial charge in [-0.1, -0.05) is 43.2 Å². The van der Waals surface area contributed by atoms with Gasteiger partial charge in [0.25, 0.3) is 0 Å². The highest BCUT2D eigenvalue weighted by Gasteiger charge is 2.46. The molecular formula is C23H34N2O2. The van der Waals surface area contributed by atoms with Gasteiger partial charge >= 0.3 is 0 Å². The predicted molar refractivity (Wildman–Crippen MR) is 108 cm³/mol. The third kappa shape index (κ3) is 3.93. The summed E-state index contributed by atoms with van der Waals surface area (Å²) in [6.45, 7) is 5.25. The Labute approximate surface area is 163 Å². The van der Waals surface area contributed by atoms with E-state index < -0.39 is 0 Å². The molecule has 2 aliphatic heterocycles. The van der Waals surface area contributed by atoms with Crippen molar-refractivity contribution in [3.05, 3.63) is 35.9 Å². The Hall–Kier alpha value is -1.39. The molecule has 27 heavy (non-hydrogen) atoms. The lowest BCUT2D eigenvalue weighted by Gasteiger charge is -2.42. The first kappa shape index (κ1) is 18.9. The van der Waals surface area contributed by atoms with Crippen molar-refractivity contribution in [2.45, 2.75) is 50.4 Å². The standard InChI is InChI=1S/C23H34N2O2/c26-18-20-14-19(15-24-12-6-7-13-24)16-25(17-20)22(27)23(10-4-5-11-23)21-8-2-1-3-9-21/h1-3,8-9,19-20,26H,4-7,10-18H2. The molecule has 1 amide bonds. The Balaban J connectivity index is 1.53. The van der Waals surface area contributed by atoms with Crippen LogP contribution in [0.15, 0.2) is 30.3 Å². The number of benzene rings is 1. The molecule has 3 aliphatic rings. The van der Waals surface area contributed by atoms with Crippen LogP contribution in [0.3, 0.4) is 0 Å². The van der Waals surface area contributed by atoms with Crippen LogP contribution in [0, 0.1) is 11.8 Å². The minimum Gasteiger partial charge on any atom is -0.396 e. The molecular weight excluding hydrogens is 336 g/mol. The van der Waals surface area contributed by atoms with Gasteiger partial charge < -0.3 is 14.9 Å². The van der Waals surface area contributed by atoms with Gasteiger partial charge in [0.2, 0.25) is 5.91 Å². The maximum absolute atomic E-state index is 13.8. The fourth-order valence-electron chi connectivity index (χ4n) is 5.74. The molecule has 1 saturated carbocycles. The van der Waals surface area contributed by atoms with Crippen LogP contribution in [0.5, 0.6) is 0 Å². The number of hydrogen-bond acceptors (Lipinski definition) is 3. The molecule has 1 aromatic rings. The van der Waals surface area contributed by atoms with Crippen molar-refractivity contribution in [2.24, 2.45) is 11.8 Å². The van der Waals surface area contributed by atoms with Gasteiger partial charge in [-0.25, -0.2) is 0 Å². The lowest BCUT2D eigenvalue weighted by molar-refractivity contribution is -0.141. The van der Waals surface area contributed by atoms with E-state index in [1.165, 1.54) is 31.5 Å². The Kier molecular flexibility index (Phi) is 5.84. The number of carbonyl (C=O) groups excluding carboxylic acids is 1. The average molecular weight is 371 g/mol. The number of amides is 1. The molecule has 0 radical (unpaired) electrons. The summed E-state index contributed by atoms with van der Waals surface area (Å²) in [5.41, 5.74) is 0.853. The summed E-state index contributed by atoms with van der Waals surface area (Å²) in [5, 5.41) is 9.86. The number of aliphatic hydroxyl groups excluding tert-OH is 1. The second-order valence-corrected chi connectivity index (χ2v) is 9.02. The van der Waals surface area contributed by atoms with Gasteiger partial charge in [-0.05, 0) is 62.6 Å². The molecule has 4 nitrogen and oxygen atoms in total. The normalized spacial score (nSPS) is 28.6. The van der Waals surface area contributed by atoms with Crippen LogP contribution in [-0.4, -0.2) is 60.1 Å². The summed E-state index contributed by atoms with van der Waals surface area (Å²) in [7, 11) is 0. The quantitative estimate of drug-likeness (QED) is 0.866. The second kappa shape index (κ2) is 8.32. The molecule has 2 unspecified atom stereocenters. The van der Waals surface area contributed by atoms with Crippen molar-refractivity contribution < 1.29 is 9.90 Å². The van der Waals surface area contributed by atoms with E-state index in [0.29, 0.717) is 11.8 Å². The fraction of sp³-hybridized carbons (Fsp3) is 0.696. The van der Waals surface area contributed by atoms with Gasteiger partial charge in [0, 0.05) is 26.2 Å². The van der Waals surface area contributed by atoms with E-state index in [0.717, 1.165) is 51.7 Å². The molecule has 148 valence electrons. The van der Waals surface area contributed by atoms with E-state index >= 15 is 0 Å². The molecule has 2 saturated heterocycles. The zero-order valence-electron chi connectivity index (χ0n) is 16.5. The minimum atomic E-state index is -0.337. The van der Waals surface area contributed by atoms with Crippen LogP contribution in [-0.2, 0) is 10.2 Å². The third-order valence-electron chi connectivity index (χ3n) is 7.08. The Morgan fingerprint density at radius 2 is 1.67 bits per heavy atom. The zero-order chi connectivity index (χ0) is 18.7. The van der Waals surface area contributed by atoms with Crippen LogP contribution in [0.4, 0.5) is 0 Å². The van der Waals surface area contributed by atoms with Crippen molar-refractivity contribution in [2.75, 3.05) is 39.3 Å². The fourth-order valence-corrected chi connectivity index (χ4v) is 5.74. The summed E-state index contributed by atoms with van der Waals surface area (Å²) in [6.07, 6.45) is 7.85. The highest BCUT2D eigenvalue weighted by atomic mass is 16.3. The molecule has 0 spiro atoms. The number of nitrogens with zero attached hydrogens (tertiary/aromatic N) is 2. The van der Waals surface area contributed by atoms with Crippen molar-refractivity contribution in [3.8, 4) is 0 Å². The summed E-state index contributed by atoms with van der Waals surface area (Å²) < 4.78 is 0. The Bertz CT molecular complexity index is 621. The van der Waals surface area contributed by atoms with Crippen LogP contribution in [0.1, 0.15) is 50.5 Å². The SMILES string of the molecule is O=C(N1CC(CO)CC(CN2CCCC2)C1)C1(c2ccccc2)CCCC1. The second-order valence-electron chi connectivity index (χ2n) is 9.02. The Morgan fingerprint density at radius 3 is 2.33 bits per heavy atom. The number of likely N-dealkylation sites (tertiary alicyclic amines) is 2. The van der Waals surface area contributed by atoms with E-state index in [4.69, 9.17) is 0 Å². The lowest BCUT2D eigenvalue weighted by Crippen LogP contribution is -2.53. The Morgan fingerprint density at radius 1 is 1.00 bits per heavy atom. The van der Waals surface area contributed by atoms with Crippen molar-refractivity contribution >= 4 is 5.91 Å². The molecule has 4 heteroatoms. The van der Waals surface area contributed by atoms with Crippen LogP contribution in [0.2, 0.25) is 0 Å². The van der Waals surface area contributed by atoms with Gasteiger partial charge in [0.05, 0.1) is 5.41 Å². The van der Waals surface area contributed by atoms with Gasteiger partial charge in [0.1, 0.15) is 0 Å². The smallest absolute Gasteiger partial charge is 0.233 e. The maximum atomic E-state index is 13.8. The van der Waals surface area contributed by atoms with Gasteiger partial charge in [0.15, 0.2) is 0 Å². The number of piperidine rings is 1. The number of hydrogen-bond donors (Lipinski definition) is 1. The summed E-state index contributed by atoms with van der Waals surface area (Å²) in [6, 6.07) is 10.4. The molecule has 2 atom stereocenters. The first-order chi connectivity index (χ1) is 13.2. The molecule has 1 aromatic carbocycles. The van der Waals surface area contributed by atoms with Crippen LogP contribution in [0.25, 0.3) is 0 Å². The molecule has 3 fully saturated rings. The van der Waals surface area contributed by atoms with E-state index in [-0.39, 0.29) is 17.9 Å². The van der Waals surface area contributed by atoms with Gasteiger partial charge in [-0.2, -0.15) is 0 Å². The van der Waals surface area contributed by atoms with Crippen molar-refractivity contribution in [3.63, 3.8) is 0 Å². The predicted octanol–water partition coefficient (Wildman–Crippen LogP) is 3.05. The van der Waals surface area contributed by atoms with Crippen LogP contribution < -0.4 is 0 Å². The van der Waals surface area contributed by atoms with Crippen molar-refractivity contribution in [1.29, 1.82) is 0 Å². The number of carbonyl (C=O) groups is 1. The van der Waals surface area contributed by atoms with Gasteiger partial charge in [-0.15, -0.1) is 0 Å². The number of aliphatic hydroxyl groups is 1. The summed E-state index contributed by atoms with van der Waals surface area (Å²) >= 11 is 0. The van der Waals surface area contributed by atoms with E-state index in [9.17, 15) is 9.90 Å². The van der Waals surface area contributed by atoms with E-state index in [1.807, 2.05) is 6.07 Å². The lowest BCUT2D eigenvalue weighted by atomic mass is 9.76. The van der Waals surface area contributed by atoms with E-state index in [1.54, 1.807) is 0 Å². The minimum absolute atomic E-state index is 0.193. The molecule has 2 heterocycles. The first-order valence-corrected chi connectivity index (χ1v) is 10.9.